The lowest BCUT2D eigenvalue weighted by molar-refractivity contribution is 0.263. The number of hydrogen-bond acceptors (Lipinski definition) is 4. The fourth-order valence-corrected chi connectivity index (χ4v) is 2.15. The zero-order valence-corrected chi connectivity index (χ0v) is 9.06. The minimum atomic E-state index is 0.290. The summed E-state index contributed by atoms with van der Waals surface area (Å²) < 4.78 is 0. The molecule has 1 atom stereocenters. The predicted molar refractivity (Wildman–Crippen MR) is 58.8 cm³/mol. The summed E-state index contributed by atoms with van der Waals surface area (Å²) in [4.78, 5) is 10.9. The van der Waals surface area contributed by atoms with Crippen molar-refractivity contribution in [1.29, 1.82) is 0 Å². The molecule has 15 heavy (non-hydrogen) atoms. The molecule has 0 spiro atoms. The zero-order chi connectivity index (χ0) is 10.7. The fourth-order valence-electron chi connectivity index (χ4n) is 2.15. The Labute approximate surface area is 90.0 Å². The maximum atomic E-state index is 8.89. The number of hydrogen-bond donors (Lipinski definition) is 1. The van der Waals surface area contributed by atoms with Crippen LogP contribution in [0, 0.1) is 12.8 Å². The molecule has 1 aromatic heterocycles. The molecule has 0 saturated carbocycles. The highest BCUT2D eigenvalue weighted by Gasteiger charge is 2.23. The van der Waals surface area contributed by atoms with Crippen molar-refractivity contribution in [2.45, 2.75) is 19.8 Å². The average Bonchev–Trinajstić information content (AvgIpc) is 2.68. The lowest BCUT2D eigenvalue weighted by Crippen LogP contribution is -2.22. The molecule has 4 heteroatoms. The first kappa shape index (κ1) is 10.4. The van der Waals surface area contributed by atoms with E-state index in [1.54, 1.807) is 12.4 Å². The molecule has 1 fully saturated rings. The van der Waals surface area contributed by atoms with E-state index < -0.39 is 0 Å². The Morgan fingerprint density at radius 2 is 2.27 bits per heavy atom. The third-order valence-electron chi connectivity index (χ3n) is 2.98. The van der Waals surface area contributed by atoms with Gasteiger partial charge < -0.3 is 10.0 Å². The highest BCUT2D eigenvalue weighted by Crippen LogP contribution is 2.25. The van der Waals surface area contributed by atoms with Gasteiger partial charge in [-0.2, -0.15) is 0 Å². The lowest BCUT2D eigenvalue weighted by Gasteiger charge is -2.18. The first-order valence-corrected chi connectivity index (χ1v) is 5.44. The summed E-state index contributed by atoms with van der Waals surface area (Å²) >= 11 is 0. The minimum absolute atomic E-state index is 0.290. The summed E-state index contributed by atoms with van der Waals surface area (Å²) in [5.74, 6) is 1.61. The van der Waals surface area contributed by atoms with Crippen molar-refractivity contribution >= 4 is 5.82 Å². The Balaban J connectivity index is 2.04. The van der Waals surface area contributed by atoms with E-state index in [0.717, 1.165) is 37.4 Å². The van der Waals surface area contributed by atoms with Crippen molar-refractivity contribution in [3.8, 4) is 0 Å². The second kappa shape index (κ2) is 4.57. The molecule has 1 aromatic rings. The Morgan fingerprint density at radius 3 is 3.00 bits per heavy atom. The van der Waals surface area contributed by atoms with Gasteiger partial charge in [-0.1, -0.05) is 0 Å². The Bertz CT molecular complexity index is 329. The molecule has 0 amide bonds. The molecular formula is C11H17N3O. The van der Waals surface area contributed by atoms with E-state index >= 15 is 0 Å². The highest BCUT2D eigenvalue weighted by molar-refractivity contribution is 5.43. The summed E-state index contributed by atoms with van der Waals surface area (Å²) in [6, 6.07) is 0. The van der Waals surface area contributed by atoms with Crippen LogP contribution in [0.1, 0.15) is 18.5 Å². The summed E-state index contributed by atoms with van der Waals surface area (Å²) in [6.45, 7) is 4.31. The standard InChI is InChI=1S/C11H17N3O/c1-9-11(13-5-4-12-9)14-6-2-10(8-14)3-7-15/h4-5,10,15H,2-3,6-8H2,1H3. The molecule has 1 aliphatic rings. The van der Waals surface area contributed by atoms with Crippen LogP contribution in [0.5, 0.6) is 0 Å². The van der Waals surface area contributed by atoms with E-state index in [1.165, 1.54) is 0 Å². The third kappa shape index (κ3) is 2.26. The molecule has 4 nitrogen and oxygen atoms in total. The number of anilines is 1. The van der Waals surface area contributed by atoms with Crippen LogP contribution in [-0.4, -0.2) is 34.8 Å². The van der Waals surface area contributed by atoms with Gasteiger partial charge in [0.25, 0.3) is 0 Å². The van der Waals surface area contributed by atoms with E-state index in [1.807, 2.05) is 6.92 Å². The monoisotopic (exact) mass is 207 g/mol. The van der Waals surface area contributed by atoms with Crippen LogP contribution in [0.15, 0.2) is 12.4 Å². The van der Waals surface area contributed by atoms with E-state index in [9.17, 15) is 0 Å². The molecule has 1 saturated heterocycles. The molecule has 1 unspecified atom stereocenters. The highest BCUT2D eigenvalue weighted by atomic mass is 16.3. The molecule has 1 aliphatic heterocycles. The van der Waals surface area contributed by atoms with E-state index in [-0.39, 0.29) is 6.61 Å². The smallest absolute Gasteiger partial charge is 0.150 e. The largest absolute Gasteiger partial charge is 0.396 e. The van der Waals surface area contributed by atoms with E-state index in [4.69, 9.17) is 5.11 Å². The molecule has 0 aromatic carbocycles. The topological polar surface area (TPSA) is 49.2 Å². The van der Waals surface area contributed by atoms with Crippen LogP contribution in [0.4, 0.5) is 5.82 Å². The molecule has 0 aliphatic carbocycles. The zero-order valence-electron chi connectivity index (χ0n) is 9.06. The Hall–Kier alpha value is -1.16. The molecule has 1 N–H and O–H groups in total. The van der Waals surface area contributed by atoms with Gasteiger partial charge in [0.15, 0.2) is 0 Å². The summed E-state index contributed by atoms with van der Waals surface area (Å²) in [7, 11) is 0. The SMILES string of the molecule is Cc1nccnc1N1CCC(CCO)C1. The van der Waals surface area contributed by atoms with Crippen LogP contribution in [0.25, 0.3) is 0 Å². The van der Waals surface area contributed by atoms with Gasteiger partial charge in [0.05, 0.1) is 5.69 Å². The fraction of sp³-hybridized carbons (Fsp3) is 0.636. The number of rotatable bonds is 3. The molecule has 2 heterocycles. The maximum absolute atomic E-state index is 8.89. The van der Waals surface area contributed by atoms with Gasteiger partial charge in [-0.25, -0.2) is 4.98 Å². The van der Waals surface area contributed by atoms with Crippen molar-refractivity contribution in [1.82, 2.24) is 9.97 Å². The summed E-state index contributed by atoms with van der Waals surface area (Å²) in [5, 5.41) is 8.89. The summed E-state index contributed by atoms with van der Waals surface area (Å²) in [5.41, 5.74) is 0.988. The van der Waals surface area contributed by atoms with Crippen LogP contribution in [-0.2, 0) is 0 Å². The minimum Gasteiger partial charge on any atom is -0.396 e. The van der Waals surface area contributed by atoms with E-state index in [0.29, 0.717) is 5.92 Å². The molecule has 0 radical (unpaired) electrons. The molecular weight excluding hydrogens is 190 g/mol. The van der Waals surface area contributed by atoms with Crippen LogP contribution in [0.3, 0.4) is 0 Å². The summed E-state index contributed by atoms with van der Waals surface area (Å²) in [6.07, 6.45) is 5.51. The predicted octanol–water partition coefficient (Wildman–Crippen LogP) is 0.994. The quantitative estimate of drug-likeness (QED) is 0.803. The van der Waals surface area contributed by atoms with Gasteiger partial charge in [0, 0.05) is 32.1 Å². The van der Waals surface area contributed by atoms with E-state index in [2.05, 4.69) is 14.9 Å². The molecule has 82 valence electrons. The maximum Gasteiger partial charge on any atom is 0.150 e. The van der Waals surface area contributed by atoms with Crippen molar-refractivity contribution in [3.63, 3.8) is 0 Å². The van der Waals surface area contributed by atoms with Crippen LogP contribution >= 0.6 is 0 Å². The van der Waals surface area contributed by atoms with Crippen molar-refractivity contribution in [3.05, 3.63) is 18.1 Å². The third-order valence-corrected chi connectivity index (χ3v) is 2.98. The van der Waals surface area contributed by atoms with Gasteiger partial charge in [-0.05, 0) is 25.7 Å². The van der Waals surface area contributed by atoms with Gasteiger partial charge in [-0.3, -0.25) is 4.98 Å². The normalized spacial score (nSPS) is 20.9. The number of aromatic nitrogens is 2. The van der Waals surface area contributed by atoms with Gasteiger partial charge in [0.1, 0.15) is 5.82 Å². The number of aryl methyl sites for hydroxylation is 1. The van der Waals surface area contributed by atoms with Gasteiger partial charge >= 0.3 is 0 Å². The van der Waals surface area contributed by atoms with Crippen molar-refractivity contribution in [2.75, 3.05) is 24.6 Å². The Morgan fingerprint density at radius 1 is 1.47 bits per heavy atom. The molecule has 2 rings (SSSR count). The second-order valence-corrected chi connectivity index (χ2v) is 4.08. The first-order chi connectivity index (χ1) is 7.31. The number of nitrogens with zero attached hydrogens (tertiary/aromatic N) is 3. The van der Waals surface area contributed by atoms with Gasteiger partial charge in [0.2, 0.25) is 0 Å². The van der Waals surface area contributed by atoms with Crippen molar-refractivity contribution < 1.29 is 5.11 Å². The average molecular weight is 207 g/mol. The first-order valence-electron chi connectivity index (χ1n) is 5.44. The number of aliphatic hydroxyl groups excluding tert-OH is 1. The van der Waals surface area contributed by atoms with Crippen molar-refractivity contribution in [2.24, 2.45) is 5.92 Å². The van der Waals surface area contributed by atoms with Crippen LogP contribution in [0.2, 0.25) is 0 Å². The Kier molecular flexibility index (Phi) is 3.16. The van der Waals surface area contributed by atoms with Crippen LogP contribution < -0.4 is 4.90 Å². The second-order valence-electron chi connectivity index (χ2n) is 4.08. The van der Waals surface area contributed by atoms with Gasteiger partial charge in [-0.15, -0.1) is 0 Å². The number of aliphatic hydroxyl groups is 1. The lowest BCUT2D eigenvalue weighted by atomic mass is 10.1. The molecule has 0 bridgehead atoms.